The van der Waals surface area contributed by atoms with Gasteiger partial charge in [-0.25, -0.2) is 4.99 Å². The molecule has 0 aromatic heterocycles. The Labute approximate surface area is 162 Å². The molecule has 6 nitrogen and oxygen atoms in total. The molecule has 0 saturated heterocycles. The van der Waals surface area contributed by atoms with Gasteiger partial charge in [-0.05, 0) is 51.5 Å². The lowest BCUT2D eigenvalue weighted by Gasteiger charge is -2.22. The Bertz CT molecular complexity index is 596. The zero-order valence-corrected chi connectivity index (χ0v) is 16.5. The van der Waals surface area contributed by atoms with Crippen LogP contribution < -0.4 is 10.6 Å². The number of carbonyl (C=O) groups excluding carboxylic acids is 1. The molecule has 6 heteroatoms. The maximum absolute atomic E-state index is 11.9. The van der Waals surface area contributed by atoms with Crippen molar-refractivity contribution in [2.24, 2.45) is 4.99 Å². The minimum absolute atomic E-state index is 0.113. The Morgan fingerprint density at radius 3 is 2.63 bits per heavy atom. The van der Waals surface area contributed by atoms with Crippen LogP contribution in [0.25, 0.3) is 0 Å². The largest absolute Gasteiger partial charge is 0.462 e. The van der Waals surface area contributed by atoms with E-state index in [0.717, 1.165) is 37.8 Å². The lowest BCUT2D eigenvalue weighted by Crippen LogP contribution is -2.39. The molecule has 1 aromatic carbocycles. The summed E-state index contributed by atoms with van der Waals surface area (Å²) in [6.45, 7) is 5.35. The van der Waals surface area contributed by atoms with Crippen molar-refractivity contribution >= 4 is 11.9 Å². The molecule has 0 spiro atoms. The summed E-state index contributed by atoms with van der Waals surface area (Å²) in [5, 5.41) is 17.0. The van der Waals surface area contributed by atoms with E-state index < -0.39 is 5.60 Å². The van der Waals surface area contributed by atoms with E-state index in [4.69, 9.17) is 4.74 Å². The standard InChI is InChI=1S/C21H33N3O3/c1-3-22-20(24-16-21(2,26)17-10-5-4-6-11-17)23-15-9-14-19(25)27-18-12-7-8-13-18/h4-6,10-11,18,26H,3,7-9,12-16H2,1-2H3,(H2,22,23,24). The number of nitrogens with zero attached hydrogens (tertiary/aromatic N) is 1. The second-order valence-electron chi connectivity index (χ2n) is 7.26. The molecule has 0 radical (unpaired) electrons. The number of benzene rings is 1. The van der Waals surface area contributed by atoms with E-state index in [1.54, 1.807) is 6.92 Å². The molecule has 1 aliphatic carbocycles. The fourth-order valence-corrected chi connectivity index (χ4v) is 3.15. The number of aliphatic hydroxyl groups is 1. The number of guanidine groups is 1. The van der Waals surface area contributed by atoms with Crippen molar-refractivity contribution < 1.29 is 14.6 Å². The first-order valence-electron chi connectivity index (χ1n) is 10.0. The predicted octanol–water partition coefficient (Wildman–Crippen LogP) is 2.72. The van der Waals surface area contributed by atoms with E-state index >= 15 is 0 Å². The summed E-state index contributed by atoms with van der Waals surface area (Å²) in [5.74, 6) is 0.524. The van der Waals surface area contributed by atoms with Gasteiger partial charge in [0.15, 0.2) is 5.96 Å². The average Bonchev–Trinajstić information content (AvgIpc) is 3.17. The SMILES string of the molecule is CCNC(=NCC(C)(O)c1ccccc1)NCCCC(=O)OC1CCCC1. The summed E-state index contributed by atoms with van der Waals surface area (Å²) in [5.41, 5.74) is -0.200. The molecule has 2 rings (SSSR count). The molecule has 0 amide bonds. The molecule has 1 aliphatic rings. The number of nitrogens with one attached hydrogen (secondary N) is 2. The Balaban J connectivity index is 1.75. The van der Waals surface area contributed by atoms with Crippen LogP contribution in [0.5, 0.6) is 0 Å². The third-order valence-electron chi connectivity index (χ3n) is 4.74. The van der Waals surface area contributed by atoms with Crippen molar-refractivity contribution in [2.45, 2.75) is 64.1 Å². The second kappa shape index (κ2) is 10.9. The lowest BCUT2D eigenvalue weighted by molar-refractivity contribution is -0.148. The Hall–Kier alpha value is -2.08. The van der Waals surface area contributed by atoms with Crippen molar-refractivity contribution in [3.8, 4) is 0 Å². The van der Waals surface area contributed by atoms with Crippen LogP contribution in [0.3, 0.4) is 0 Å². The fraction of sp³-hybridized carbons (Fsp3) is 0.619. The first kappa shape index (κ1) is 21.2. The summed E-state index contributed by atoms with van der Waals surface area (Å²) in [7, 11) is 0. The first-order chi connectivity index (χ1) is 13.0. The maximum Gasteiger partial charge on any atom is 0.306 e. The molecule has 0 heterocycles. The monoisotopic (exact) mass is 375 g/mol. The molecule has 1 atom stereocenters. The summed E-state index contributed by atoms with van der Waals surface area (Å²) in [4.78, 5) is 16.3. The number of carbonyl (C=O) groups is 1. The van der Waals surface area contributed by atoms with Gasteiger partial charge in [-0.1, -0.05) is 30.3 Å². The van der Waals surface area contributed by atoms with Crippen LogP contribution >= 0.6 is 0 Å². The van der Waals surface area contributed by atoms with Crippen LogP contribution in [-0.2, 0) is 15.1 Å². The van der Waals surface area contributed by atoms with E-state index in [1.807, 2.05) is 37.3 Å². The minimum Gasteiger partial charge on any atom is -0.462 e. The number of ether oxygens (including phenoxy) is 1. The van der Waals surface area contributed by atoms with Gasteiger partial charge in [-0.15, -0.1) is 0 Å². The van der Waals surface area contributed by atoms with Gasteiger partial charge in [0.25, 0.3) is 0 Å². The molecule has 1 aromatic rings. The summed E-state index contributed by atoms with van der Waals surface area (Å²) < 4.78 is 5.46. The fourth-order valence-electron chi connectivity index (χ4n) is 3.15. The highest BCUT2D eigenvalue weighted by molar-refractivity contribution is 5.79. The van der Waals surface area contributed by atoms with E-state index in [0.29, 0.717) is 25.3 Å². The highest BCUT2D eigenvalue weighted by Gasteiger charge is 2.22. The van der Waals surface area contributed by atoms with Crippen LogP contribution in [0.2, 0.25) is 0 Å². The number of rotatable bonds is 9. The van der Waals surface area contributed by atoms with Crippen LogP contribution in [-0.4, -0.2) is 42.8 Å². The zero-order valence-electron chi connectivity index (χ0n) is 16.5. The summed E-state index contributed by atoms with van der Waals surface area (Å²) >= 11 is 0. The zero-order chi connectivity index (χ0) is 19.5. The first-order valence-corrected chi connectivity index (χ1v) is 10.0. The molecule has 1 fully saturated rings. The smallest absolute Gasteiger partial charge is 0.306 e. The van der Waals surface area contributed by atoms with Crippen molar-refractivity contribution in [3.63, 3.8) is 0 Å². The van der Waals surface area contributed by atoms with Gasteiger partial charge in [0, 0.05) is 19.5 Å². The molecule has 0 bridgehead atoms. The Morgan fingerprint density at radius 1 is 1.26 bits per heavy atom. The van der Waals surface area contributed by atoms with Crippen LogP contribution in [0.4, 0.5) is 0 Å². The van der Waals surface area contributed by atoms with Crippen molar-refractivity contribution in [1.29, 1.82) is 0 Å². The molecular formula is C21H33N3O3. The second-order valence-corrected chi connectivity index (χ2v) is 7.26. The number of hydrogen-bond acceptors (Lipinski definition) is 4. The minimum atomic E-state index is -1.03. The number of esters is 1. The Kier molecular flexibility index (Phi) is 8.58. The number of hydrogen-bond donors (Lipinski definition) is 3. The van der Waals surface area contributed by atoms with Crippen molar-refractivity contribution in [3.05, 3.63) is 35.9 Å². The summed E-state index contributed by atoms with van der Waals surface area (Å²) in [6, 6.07) is 9.52. The number of aliphatic imine (C=N–C) groups is 1. The highest BCUT2D eigenvalue weighted by Crippen LogP contribution is 2.21. The van der Waals surface area contributed by atoms with Gasteiger partial charge in [0.2, 0.25) is 0 Å². The topological polar surface area (TPSA) is 83.0 Å². The molecule has 0 aliphatic heterocycles. The molecule has 27 heavy (non-hydrogen) atoms. The lowest BCUT2D eigenvalue weighted by atomic mass is 9.96. The molecule has 3 N–H and O–H groups in total. The van der Waals surface area contributed by atoms with E-state index in [-0.39, 0.29) is 18.6 Å². The van der Waals surface area contributed by atoms with Gasteiger partial charge in [0.05, 0.1) is 6.54 Å². The quantitative estimate of drug-likeness (QED) is 0.268. The Morgan fingerprint density at radius 2 is 1.96 bits per heavy atom. The normalized spacial score (nSPS) is 17.4. The molecule has 1 unspecified atom stereocenters. The van der Waals surface area contributed by atoms with E-state index in [2.05, 4.69) is 15.6 Å². The molecule has 1 saturated carbocycles. The third kappa shape index (κ3) is 7.59. The molecule has 150 valence electrons. The third-order valence-corrected chi connectivity index (χ3v) is 4.74. The highest BCUT2D eigenvalue weighted by atomic mass is 16.5. The summed E-state index contributed by atoms with van der Waals surface area (Å²) in [6.07, 6.45) is 5.55. The van der Waals surface area contributed by atoms with Crippen LogP contribution in [0, 0.1) is 0 Å². The van der Waals surface area contributed by atoms with Gasteiger partial charge < -0.3 is 20.5 Å². The maximum atomic E-state index is 11.9. The van der Waals surface area contributed by atoms with Crippen LogP contribution in [0.15, 0.2) is 35.3 Å². The van der Waals surface area contributed by atoms with Crippen molar-refractivity contribution in [2.75, 3.05) is 19.6 Å². The predicted molar refractivity (Wildman–Crippen MR) is 108 cm³/mol. The van der Waals surface area contributed by atoms with Crippen molar-refractivity contribution in [1.82, 2.24) is 10.6 Å². The van der Waals surface area contributed by atoms with E-state index in [9.17, 15) is 9.90 Å². The van der Waals surface area contributed by atoms with E-state index in [1.165, 1.54) is 0 Å². The van der Waals surface area contributed by atoms with Gasteiger partial charge in [-0.2, -0.15) is 0 Å². The average molecular weight is 376 g/mol. The molecular weight excluding hydrogens is 342 g/mol. The van der Waals surface area contributed by atoms with Gasteiger partial charge in [-0.3, -0.25) is 4.79 Å². The van der Waals surface area contributed by atoms with Crippen LogP contribution in [0.1, 0.15) is 57.9 Å². The van der Waals surface area contributed by atoms with Gasteiger partial charge in [0.1, 0.15) is 11.7 Å². The van der Waals surface area contributed by atoms with Gasteiger partial charge >= 0.3 is 5.97 Å².